The van der Waals surface area contributed by atoms with Crippen LogP contribution in [0.15, 0.2) is 41.2 Å². The molecular weight excluding hydrogens is 472 g/mol. The molecule has 4 rings (SSSR count). The Morgan fingerprint density at radius 1 is 1.41 bits per heavy atom. The van der Waals surface area contributed by atoms with E-state index < -0.39 is 18.0 Å². The van der Waals surface area contributed by atoms with E-state index in [0.29, 0.717) is 42.3 Å². The predicted molar refractivity (Wildman–Crippen MR) is 134 cm³/mol. The summed E-state index contributed by atoms with van der Waals surface area (Å²) in [5.41, 5.74) is 2.32. The molecule has 1 aliphatic rings. The summed E-state index contributed by atoms with van der Waals surface area (Å²) in [5.74, 6) is 5.63. The van der Waals surface area contributed by atoms with E-state index >= 15 is 0 Å². The minimum atomic E-state index is -0.825. The highest BCUT2D eigenvalue weighted by atomic mass is 35.5. The summed E-state index contributed by atoms with van der Waals surface area (Å²) in [4.78, 5) is 18.5. The van der Waals surface area contributed by atoms with Gasteiger partial charge in [0.15, 0.2) is 0 Å². The number of piperidine rings is 1. The number of aliphatic carboxylic acids is 1. The van der Waals surface area contributed by atoms with Gasteiger partial charge in [-0.05, 0) is 61.4 Å². The van der Waals surface area contributed by atoms with Crippen molar-refractivity contribution in [1.82, 2.24) is 9.88 Å². The summed E-state index contributed by atoms with van der Waals surface area (Å²) in [5, 5.41) is 26.0. The molecule has 1 aromatic carbocycles. The van der Waals surface area contributed by atoms with Crippen LogP contribution in [0.25, 0.3) is 10.9 Å². The van der Waals surface area contributed by atoms with Gasteiger partial charge in [-0.3, -0.25) is 14.7 Å². The number of halogens is 1. The largest absolute Gasteiger partial charge is 0.497 e. The fourth-order valence-electron chi connectivity index (χ4n) is 4.58. The fourth-order valence-corrected chi connectivity index (χ4v) is 5.44. The number of carboxylic acids is 1. The van der Waals surface area contributed by atoms with Crippen LogP contribution in [0.5, 0.6) is 5.75 Å². The average Bonchev–Trinajstić information content (AvgIpc) is 3.36. The van der Waals surface area contributed by atoms with E-state index in [-0.39, 0.29) is 5.92 Å². The average molecular weight is 499 g/mol. The van der Waals surface area contributed by atoms with Crippen molar-refractivity contribution in [2.24, 2.45) is 11.8 Å². The van der Waals surface area contributed by atoms with Crippen LogP contribution in [0.2, 0.25) is 5.02 Å². The van der Waals surface area contributed by atoms with Gasteiger partial charge in [0, 0.05) is 34.6 Å². The fraction of sp³-hybridized carbons (Fsp3) is 0.385. The van der Waals surface area contributed by atoms with Crippen LogP contribution < -0.4 is 4.74 Å². The third-order valence-electron chi connectivity index (χ3n) is 6.43. The van der Waals surface area contributed by atoms with Crippen molar-refractivity contribution in [3.63, 3.8) is 0 Å². The molecule has 1 saturated heterocycles. The van der Waals surface area contributed by atoms with Gasteiger partial charge in [0.1, 0.15) is 5.75 Å². The molecule has 0 bridgehead atoms. The molecule has 0 amide bonds. The van der Waals surface area contributed by atoms with Crippen LogP contribution in [-0.4, -0.2) is 52.8 Å². The van der Waals surface area contributed by atoms with Gasteiger partial charge in [-0.2, -0.15) is 11.3 Å². The number of benzene rings is 1. The third kappa shape index (κ3) is 5.70. The number of carboxylic acid groups (broad SMARTS) is 1. The Morgan fingerprint density at radius 2 is 2.26 bits per heavy atom. The molecule has 3 heterocycles. The zero-order valence-electron chi connectivity index (χ0n) is 18.9. The number of fused-ring (bicyclic) bond motifs is 1. The number of aliphatic hydroxyl groups is 1. The molecule has 2 N–H and O–H groups in total. The number of ether oxygens (including phenoxy) is 1. The number of methoxy groups -OCH3 is 1. The van der Waals surface area contributed by atoms with Crippen molar-refractivity contribution in [3.05, 3.63) is 57.4 Å². The number of aromatic nitrogens is 1. The number of nitrogens with zero attached hydrogens (tertiary/aromatic N) is 2. The Morgan fingerprint density at radius 3 is 3.00 bits per heavy atom. The standard InChI is InChI=1S/C26H27ClN2O4S/c1-33-19-5-6-23-20(13-19)25(22(27)14-28-23)24(30)7-4-18-8-11-29(15-21(18)26(31)32)10-2-3-17-9-12-34-16-17/h5-6,9,12-14,16,18,21,24,30H,4,7-8,10-11,15H2,1H3,(H,31,32)/t18?,21?,24-/m1/s1. The summed E-state index contributed by atoms with van der Waals surface area (Å²) in [6.07, 6.45) is 2.49. The zero-order chi connectivity index (χ0) is 24.1. The maximum absolute atomic E-state index is 12.0. The number of rotatable bonds is 7. The van der Waals surface area contributed by atoms with Crippen molar-refractivity contribution < 1.29 is 19.7 Å². The van der Waals surface area contributed by atoms with Crippen molar-refractivity contribution in [2.75, 3.05) is 26.7 Å². The van der Waals surface area contributed by atoms with Crippen LogP contribution in [0.4, 0.5) is 0 Å². The number of hydrogen-bond donors (Lipinski definition) is 2. The number of carbonyl (C=O) groups is 1. The number of likely N-dealkylation sites (tertiary alicyclic amines) is 1. The summed E-state index contributed by atoms with van der Waals surface area (Å²) < 4.78 is 5.32. The maximum Gasteiger partial charge on any atom is 0.308 e. The van der Waals surface area contributed by atoms with Crippen molar-refractivity contribution >= 4 is 39.8 Å². The van der Waals surface area contributed by atoms with Crippen LogP contribution in [0, 0.1) is 23.7 Å². The van der Waals surface area contributed by atoms with Crippen LogP contribution in [0.1, 0.15) is 36.5 Å². The summed E-state index contributed by atoms with van der Waals surface area (Å²) >= 11 is 8.03. The quantitative estimate of drug-likeness (QED) is 0.453. The summed E-state index contributed by atoms with van der Waals surface area (Å²) in [6.45, 7) is 1.80. The molecule has 0 spiro atoms. The molecule has 178 valence electrons. The first-order valence-corrected chi connectivity index (χ1v) is 12.5. The lowest BCUT2D eigenvalue weighted by Crippen LogP contribution is -2.44. The van der Waals surface area contributed by atoms with Crippen LogP contribution in [-0.2, 0) is 4.79 Å². The molecule has 0 radical (unpaired) electrons. The molecule has 3 aromatic rings. The van der Waals surface area contributed by atoms with E-state index in [1.807, 2.05) is 35.0 Å². The van der Waals surface area contributed by atoms with Crippen molar-refractivity contribution in [1.29, 1.82) is 0 Å². The van der Waals surface area contributed by atoms with E-state index in [1.165, 1.54) is 0 Å². The SMILES string of the molecule is COc1ccc2ncc(Cl)c([C@H](O)CCC3CCN(CC#Cc4ccsc4)CC3C(=O)O)c2c1. The Labute approximate surface area is 208 Å². The lowest BCUT2D eigenvalue weighted by atomic mass is 9.81. The van der Waals surface area contributed by atoms with E-state index in [2.05, 4.69) is 21.7 Å². The maximum atomic E-state index is 12.0. The second kappa shape index (κ2) is 11.2. The molecule has 1 aliphatic heterocycles. The Bertz CT molecular complexity index is 1200. The first kappa shape index (κ1) is 24.5. The highest BCUT2D eigenvalue weighted by molar-refractivity contribution is 7.08. The van der Waals surface area contributed by atoms with E-state index in [0.717, 1.165) is 29.4 Å². The molecule has 6 nitrogen and oxygen atoms in total. The van der Waals surface area contributed by atoms with Gasteiger partial charge >= 0.3 is 5.97 Å². The highest BCUT2D eigenvalue weighted by Gasteiger charge is 2.34. The van der Waals surface area contributed by atoms with Gasteiger partial charge < -0.3 is 14.9 Å². The second-order valence-electron chi connectivity index (χ2n) is 8.54. The number of thiophene rings is 1. The minimum Gasteiger partial charge on any atom is -0.497 e. The number of pyridine rings is 1. The molecule has 2 unspecified atom stereocenters. The lowest BCUT2D eigenvalue weighted by molar-refractivity contribution is -0.146. The van der Waals surface area contributed by atoms with E-state index in [9.17, 15) is 15.0 Å². The normalized spacial score (nSPS) is 19.4. The molecule has 34 heavy (non-hydrogen) atoms. The van der Waals surface area contributed by atoms with Gasteiger partial charge in [-0.1, -0.05) is 23.4 Å². The van der Waals surface area contributed by atoms with Gasteiger partial charge in [0.05, 0.1) is 36.2 Å². The van der Waals surface area contributed by atoms with Crippen molar-refractivity contribution in [3.8, 4) is 17.6 Å². The zero-order valence-corrected chi connectivity index (χ0v) is 20.5. The monoisotopic (exact) mass is 498 g/mol. The molecule has 0 aliphatic carbocycles. The molecule has 1 fully saturated rings. The van der Waals surface area contributed by atoms with Gasteiger partial charge in [-0.25, -0.2) is 0 Å². The van der Waals surface area contributed by atoms with E-state index in [4.69, 9.17) is 16.3 Å². The Kier molecular flexibility index (Phi) is 8.07. The summed E-state index contributed by atoms with van der Waals surface area (Å²) in [6, 6.07) is 7.44. The predicted octanol–water partition coefficient (Wildman–Crippen LogP) is 4.85. The smallest absolute Gasteiger partial charge is 0.308 e. The van der Waals surface area contributed by atoms with E-state index in [1.54, 1.807) is 24.6 Å². The molecule has 0 saturated carbocycles. The van der Waals surface area contributed by atoms with Gasteiger partial charge in [-0.15, -0.1) is 0 Å². The third-order valence-corrected chi connectivity index (χ3v) is 7.41. The topological polar surface area (TPSA) is 82.9 Å². The summed E-state index contributed by atoms with van der Waals surface area (Å²) in [7, 11) is 1.58. The Hall–Kier alpha value is -2.63. The highest BCUT2D eigenvalue weighted by Crippen LogP contribution is 2.36. The van der Waals surface area contributed by atoms with Crippen molar-refractivity contribution in [2.45, 2.75) is 25.4 Å². The first-order chi connectivity index (χ1) is 16.5. The molecular formula is C26H27ClN2O4S. The lowest BCUT2D eigenvalue weighted by Gasteiger charge is -2.36. The van der Waals surface area contributed by atoms with Gasteiger partial charge in [0.2, 0.25) is 0 Å². The molecule has 8 heteroatoms. The Balaban J connectivity index is 1.42. The van der Waals surface area contributed by atoms with Crippen LogP contribution in [0.3, 0.4) is 0 Å². The number of hydrogen-bond acceptors (Lipinski definition) is 6. The molecule has 2 aromatic heterocycles. The van der Waals surface area contributed by atoms with Crippen LogP contribution >= 0.6 is 22.9 Å². The minimum absolute atomic E-state index is 0.0188. The molecule has 3 atom stereocenters. The number of aliphatic hydroxyl groups excluding tert-OH is 1. The second-order valence-corrected chi connectivity index (χ2v) is 9.73. The first-order valence-electron chi connectivity index (χ1n) is 11.2. The van der Waals surface area contributed by atoms with Gasteiger partial charge in [0.25, 0.3) is 0 Å².